The van der Waals surface area contributed by atoms with E-state index in [0.29, 0.717) is 28.2 Å². The van der Waals surface area contributed by atoms with Crippen LogP contribution in [0.2, 0.25) is 0 Å². The fraction of sp³-hybridized carbons (Fsp3) is 0.100. The van der Waals surface area contributed by atoms with Crippen molar-refractivity contribution in [1.82, 2.24) is 9.97 Å². The molecule has 2 heterocycles. The van der Waals surface area contributed by atoms with Gasteiger partial charge in [-0.2, -0.15) is 0 Å². The van der Waals surface area contributed by atoms with Crippen LogP contribution in [0.15, 0.2) is 64.1 Å². The van der Waals surface area contributed by atoms with E-state index in [-0.39, 0.29) is 11.3 Å². The van der Waals surface area contributed by atoms with Crippen LogP contribution in [0.25, 0.3) is 33.6 Å². The summed E-state index contributed by atoms with van der Waals surface area (Å²) in [5, 5.41) is 0.412. The fourth-order valence-electron chi connectivity index (χ4n) is 2.96. The average Bonchev–Trinajstić information content (AvgIpc) is 3.09. The zero-order chi connectivity index (χ0) is 18.1. The fourth-order valence-corrected chi connectivity index (χ4v) is 2.96. The first-order valence-corrected chi connectivity index (χ1v) is 8.00. The lowest BCUT2D eigenvalue weighted by Gasteiger charge is -2.08. The minimum Gasteiger partial charge on any atom is -0.497 e. The van der Waals surface area contributed by atoms with Gasteiger partial charge in [-0.3, -0.25) is 4.79 Å². The number of benzene rings is 2. The van der Waals surface area contributed by atoms with Gasteiger partial charge in [-0.05, 0) is 17.7 Å². The van der Waals surface area contributed by atoms with E-state index in [2.05, 4.69) is 9.97 Å². The molecule has 130 valence electrons. The molecule has 0 unspecified atom stereocenters. The summed E-state index contributed by atoms with van der Waals surface area (Å²) in [5.41, 5.74) is 2.31. The van der Waals surface area contributed by atoms with E-state index >= 15 is 0 Å². The second-order valence-electron chi connectivity index (χ2n) is 5.69. The van der Waals surface area contributed by atoms with Crippen molar-refractivity contribution in [3.63, 3.8) is 0 Å². The highest BCUT2D eigenvalue weighted by molar-refractivity contribution is 6.00. The van der Waals surface area contributed by atoms with Crippen LogP contribution < -0.4 is 15.0 Å². The third-order valence-electron chi connectivity index (χ3n) is 4.17. The van der Waals surface area contributed by atoms with Gasteiger partial charge < -0.3 is 18.9 Å². The lowest BCUT2D eigenvalue weighted by Crippen LogP contribution is -2.05. The van der Waals surface area contributed by atoms with Gasteiger partial charge in [0.15, 0.2) is 0 Å². The molecule has 4 aromatic rings. The Balaban J connectivity index is 2.08. The van der Waals surface area contributed by atoms with Gasteiger partial charge in [0.05, 0.1) is 20.5 Å². The normalized spacial score (nSPS) is 10.8. The van der Waals surface area contributed by atoms with E-state index in [0.717, 1.165) is 11.1 Å². The van der Waals surface area contributed by atoms with Crippen molar-refractivity contribution < 1.29 is 13.9 Å². The van der Waals surface area contributed by atoms with Crippen LogP contribution in [-0.4, -0.2) is 24.2 Å². The zero-order valence-electron chi connectivity index (χ0n) is 14.3. The van der Waals surface area contributed by atoms with Crippen LogP contribution in [0, 0.1) is 0 Å². The van der Waals surface area contributed by atoms with Gasteiger partial charge in [0.2, 0.25) is 5.71 Å². The number of hydrogen-bond donors (Lipinski definition) is 1. The number of furan rings is 1. The lowest BCUT2D eigenvalue weighted by molar-refractivity contribution is 0.394. The highest BCUT2D eigenvalue weighted by Gasteiger charge is 2.21. The van der Waals surface area contributed by atoms with E-state index in [1.54, 1.807) is 20.3 Å². The molecule has 26 heavy (non-hydrogen) atoms. The van der Waals surface area contributed by atoms with E-state index in [4.69, 9.17) is 13.9 Å². The number of rotatable bonds is 4. The smallest absolute Gasteiger partial charge is 0.262 e. The summed E-state index contributed by atoms with van der Waals surface area (Å²) < 4.78 is 16.7. The quantitative estimate of drug-likeness (QED) is 0.606. The first-order valence-electron chi connectivity index (χ1n) is 8.00. The molecule has 0 amide bonds. The molecule has 1 N–H and O–H groups in total. The summed E-state index contributed by atoms with van der Waals surface area (Å²) in [6, 6.07) is 15.0. The highest BCUT2D eigenvalue weighted by atomic mass is 16.5. The predicted octanol–water partition coefficient (Wildman–Crippen LogP) is 3.87. The molecular formula is C20H16N2O4. The summed E-state index contributed by atoms with van der Waals surface area (Å²) in [7, 11) is 3.17. The number of aromatic amines is 1. The number of ether oxygens (including phenoxy) is 2. The summed E-state index contributed by atoms with van der Waals surface area (Å²) >= 11 is 0. The number of aromatic nitrogens is 2. The molecule has 4 rings (SSSR count). The molecule has 0 saturated heterocycles. The third-order valence-corrected chi connectivity index (χ3v) is 4.17. The molecule has 6 heteroatoms. The van der Waals surface area contributed by atoms with Crippen molar-refractivity contribution in [3.05, 3.63) is 65.2 Å². The second-order valence-corrected chi connectivity index (χ2v) is 5.69. The number of fused-ring (bicyclic) bond motifs is 1. The van der Waals surface area contributed by atoms with Crippen molar-refractivity contribution in [1.29, 1.82) is 0 Å². The largest absolute Gasteiger partial charge is 0.497 e. The van der Waals surface area contributed by atoms with Crippen molar-refractivity contribution >= 4 is 11.1 Å². The van der Waals surface area contributed by atoms with Crippen LogP contribution in [0.5, 0.6) is 11.5 Å². The Hall–Kier alpha value is -3.54. The third kappa shape index (κ3) is 2.61. The molecule has 0 aliphatic heterocycles. The van der Waals surface area contributed by atoms with Gasteiger partial charge in [-0.1, -0.05) is 30.3 Å². The summed E-state index contributed by atoms with van der Waals surface area (Å²) in [6.45, 7) is 0. The predicted molar refractivity (Wildman–Crippen MR) is 98.6 cm³/mol. The summed E-state index contributed by atoms with van der Waals surface area (Å²) in [4.78, 5) is 19.3. The van der Waals surface area contributed by atoms with Crippen LogP contribution in [-0.2, 0) is 0 Å². The Morgan fingerprint density at radius 2 is 1.65 bits per heavy atom. The number of hydrogen-bond acceptors (Lipinski definition) is 5. The first kappa shape index (κ1) is 16.0. The molecule has 0 bridgehead atoms. The van der Waals surface area contributed by atoms with Gasteiger partial charge in [0.1, 0.15) is 22.6 Å². The van der Waals surface area contributed by atoms with Gasteiger partial charge >= 0.3 is 0 Å². The number of methoxy groups -OCH3 is 2. The Morgan fingerprint density at radius 1 is 0.962 bits per heavy atom. The van der Waals surface area contributed by atoms with Gasteiger partial charge in [-0.25, -0.2) is 4.98 Å². The Labute approximate surface area is 149 Å². The molecular weight excluding hydrogens is 332 g/mol. The van der Waals surface area contributed by atoms with Crippen molar-refractivity contribution in [2.45, 2.75) is 0 Å². The number of H-pyrrole nitrogens is 1. The van der Waals surface area contributed by atoms with Gasteiger partial charge in [-0.15, -0.1) is 0 Å². The SMILES string of the molecule is COc1cc(OC)cc(-c2oc3nc[nH]c(=O)c3c2-c2ccccc2)c1. The zero-order valence-corrected chi connectivity index (χ0v) is 14.3. The molecule has 0 saturated carbocycles. The van der Waals surface area contributed by atoms with Crippen LogP contribution in [0.4, 0.5) is 0 Å². The van der Waals surface area contributed by atoms with Crippen molar-refractivity contribution in [2.24, 2.45) is 0 Å². The summed E-state index contributed by atoms with van der Waals surface area (Å²) in [5.74, 6) is 1.79. The minimum atomic E-state index is -0.251. The second kappa shape index (κ2) is 6.40. The first-order chi connectivity index (χ1) is 12.7. The maximum atomic E-state index is 12.5. The van der Waals surface area contributed by atoms with Crippen LogP contribution in [0.1, 0.15) is 0 Å². The molecule has 0 atom stereocenters. The van der Waals surface area contributed by atoms with Crippen molar-refractivity contribution in [3.8, 4) is 33.9 Å². The van der Waals surface area contributed by atoms with Crippen molar-refractivity contribution in [2.75, 3.05) is 14.2 Å². The monoisotopic (exact) mass is 348 g/mol. The molecule has 0 aliphatic carbocycles. The summed E-state index contributed by atoms with van der Waals surface area (Å²) in [6.07, 6.45) is 1.33. The molecule has 6 nitrogen and oxygen atoms in total. The van der Waals surface area contributed by atoms with Crippen LogP contribution in [0.3, 0.4) is 0 Å². The Kier molecular flexibility index (Phi) is 3.93. The van der Waals surface area contributed by atoms with Gasteiger partial charge in [0.25, 0.3) is 5.56 Å². The molecule has 0 spiro atoms. The Morgan fingerprint density at radius 3 is 2.31 bits per heavy atom. The minimum absolute atomic E-state index is 0.251. The topological polar surface area (TPSA) is 77.3 Å². The molecule has 2 aromatic heterocycles. The highest BCUT2D eigenvalue weighted by Crippen LogP contribution is 2.40. The van der Waals surface area contributed by atoms with E-state index in [1.807, 2.05) is 42.5 Å². The molecule has 0 aliphatic rings. The maximum Gasteiger partial charge on any atom is 0.262 e. The van der Waals surface area contributed by atoms with E-state index in [9.17, 15) is 4.79 Å². The maximum absolute atomic E-state index is 12.5. The van der Waals surface area contributed by atoms with E-state index < -0.39 is 0 Å². The molecule has 0 fully saturated rings. The molecule has 2 aromatic carbocycles. The van der Waals surface area contributed by atoms with Gasteiger partial charge in [0, 0.05) is 17.2 Å². The lowest BCUT2D eigenvalue weighted by atomic mass is 9.99. The average molecular weight is 348 g/mol. The number of nitrogens with one attached hydrogen (secondary N) is 1. The standard InChI is InChI=1S/C20H16N2O4/c1-24-14-8-13(9-15(10-14)25-2)18-16(12-6-4-3-5-7-12)17-19(23)21-11-22-20(17)26-18/h3-11H,1-2H3,(H,21,22,23). The Bertz CT molecular complexity index is 1110. The van der Waals surface area contributed by atoms with E-state index in [1.165, 1.54) is 6.33 Å². The number of nitrogens with zero attached hydrogens (tertiary/aromatic N) is 1. The van der Waals surface area contributed by atoms with Crippen LogP contribution >= 0.6 is 0 Å². The molecule has 0 radical (unpaired) electrons.